The van der Waals surface area contributed by atoms with Crippen molar-refractivity contribution in [1.29, 1.82) is 0 Å². The van der Waals surface area contributed by atoms with Crippen LogP contribution in [-0.4, -0.2) is 39.1 Å². The molecule has 1 fully saturated rings. The van der Waals surface area contributed by atoms with E-state index in [4.69, 9.17) is 0 Å². The molecule has 1 aliphatic rings. The van der Waals surface area contributed by atoms with E-state index in [0.29, 0.717) is 0 Å². The summed E-state index contributed by atoms with van der Waals surface area (Å²) in [5, 5.41) is 4.53. The van der Waals surface area contributed by atoms with Crippen molar-refractivity contribution in [2.45, 2.75) is 25.7 Å². The summed E-state index contributed by atoms with van der Waals surface area (Å²) in [6.07, 6.45) is 5.00. The molecule has 3 heterocycles. The van der Waals surface area contributed by atoms with Crippen molar-refractivity contribution in [3.8, 4) is 0 Å². The highest BCUT2D eigenvalue weighted by Crippen LogP contribution is 2.13. The van der Waals surface area contributed by atoms with Gasteiger partial charge in [-0.15, -0.1) is 0 Å². The van der Waals surface area contributed by atoms with Gasteiger partial charge in [0, 0.05) is 13.0 Å². The molecule has 0 bridgehead atoms. The van der Waals surface area contributed by atoms with Crippen molar-refractivity contribution in [2.75, 3.05) is 19.6 Å². The molecule has 5 heteroatoms. The number of hydrogen-bond donors (Lipinski definition) is 0. The van der Waals surface area contributed by atoms with Crippen LogP contribution in [0.2, 0.25) is 0 Å². The van der Waals surface area contributed by atoms with Crippen molar-refractivity contribution >= 4 is 21.6 Å². The highest BCUT2D eigenvalue weighted by molar-refractivity contribution is 9.10. The summed E-state index contributed by atoms with van der Waals surface area (Å²) in [4.78, 5) is 7.07. The van der Waals surface area contributed by atoms with Gasteiger partial charge in [-0.2, -0.15) is 5.10 Å². The van der Waals surface area contributed by atoms with Gasteiger partial charge in [-0.05, 0) is 54.0 Å². The first kappa shape index (κ1) is 12.1. The van der Waals surface area contributed by atoms with E-state index < -0.39 is 0 Å². The molecular weight excluding hydrogens is 292 g/mol. The Hall–Kier alpha value is -0.940. The molecule has 0 unspecified atom stereocenters. The number of rotatable bonds is 3. The maximum Gasteiger partial charge on any atom is 0.156 e. The summed E-state index contributed by atoms with van der Waals surface area (Å²) < 4.78 is 2.81. The smallest absolute Gasteiger partial charge is 0.156 e. The molecule has 0 atom stereocenters. The molecule has 4 nitrogen and oxygen atoms in total. The third-order valence-corrected chi connectivity index (χ3v) is 4.06. The largest absolute Gasteiger partial charge is 0.303 e. The van der Waals surface area contributed by atoms with Gasteiger partial charge in [0.2, 0.25) is 0 Å². The second-order valence-electron chi connectivity index (χ2n) is 4.80. The molecular formula is C13H17BrN4. The normalized spacial score (nSPS) is 17.4. The van der Waals surface area contributed by atoms with Gasteiger partial charge < -0.3 is 4.90 Å². The lowest BCUT2D eigenvalue weighted by Gasteiger charge is -2.25. The molecule has 0 N–H and O–H groups in total. The van der Waals surface area contributed by atoms with Crippen molar-refractivity contribution in [3.05, 3.63) is 28.6 Å². The van der Waals surface area contributed by atoms with Crippen LogP contribution in [0, 0.1) is 0 Å². The average Bonchev–Trinajstić information content (AvgIpc) is 2.82. The Balaban J connectivity index is 1.69. The van der Waals surface area contributed by atoms with Gasteiger partial charge in [-0.3, -0.25) is 0 Å². The van der Waals surface area contributed by atoms with Crippen LogP contribution < -0.4 is 0 Å². The Kier molecular flexibility index (Phi) is 3.61. The Bertz CT molecular complexity index is 531. The molecule has 0 spiro atoms. The van der Waals surface area contributed by atoms with Gasteiger partial charge in [-0.1, -0.05) is 12.5 Å². The SMILES string of the molecule is Brc1cccc2nc(CCN3CCCCC3)nn12. The number of fused-ring (bicyclic) bond motifs is 1. The molecule has 1 aliphatic heterocycles. The Morgan fingerprint density at radius 1 is 1.17 bits per heavy atom. The number of pyridine rings is 1. The first-order valence-corrected chi connectivity index (χ1v) is 7.35. The van der Waals surface area contributed by atoms with Crippen molar-refractivity contribution in [2.24, 2.45) is 0 Å². The lowest BCUT2D eigenvalue weighted by Crippen LogP contribution is -2.31. The minimum absolute atomic E-state index is 0.915. The number of aromatic nitrogens is 3. The van der Waals surface area contributed by atoms with Crippen molar-refractivity contribution in [3.63, 3.8) is 0 Å². The predicted octanol–water partition coefficient (Wildman–Crippen LogP) is 2.52. The Labute approximate surface area is 115 Å². The molecule has 0 radical (unpaired) electrons. The first-order valence-electron chi connectivity index (χ1n) is 6.55. The van der Waals surface area contributed by atoms with Crippen LogP contribution in [0.15, 0.2) is 22.8 Å². The Morgan fingerprint density at radius 3 is 2.78 bits per heavy atom. The van der Waals surface area contributed by atoms with E-state index in [1.165, 1.54) is 32.4 Å². The molecule has 96 valence electrons. The monoisotopic (exact) mass is 308 g/mol. The van der Waals surface area contributed by atoms with E-state index in [9.17, 15) is 0 Å². The molecule has 3 rings (SSSR count). The summed E-state index contributed by atoms with van der Waals surface area (Å²) >= 11 is 3.49. The second kappa shape index (κ2) is 5.36. The van der Waals surface area contributed by atoms with Crippen LogP contribution in [0.4, 0.5) is 0 Å². The van der Waals surface area contributed by atoms with E-state index >= 15 is 0 Å². The van der Waals surface area contributed by atoms with Crippen LogP contribution in [0.25, 0.3) is 5.65 Å². The van der Waals surface area contributed by atoms with Gasteiger partial charge >= 0.3 is 0 Å². The van der Waals surface area contributed by atoms with Crippen molar-refractivity contribution in [1.82, 2.24) is 19.5 Å². The number of likely N-dealkylation sites (tertiary alicyclic amines) is 1. The van der Waals surface area contributed by atoms with Crippen LogP contribution in [-0.2, 0) is 6.42 Å². The minimum Gasteiger partial charge on any atom is -0.303 e. The molecule has 1 saturated heterocycles. The van der Waals surface area contributed by atoms with Crippen LogP contribution in [0.3, 0.4) is 0 Å². The third kappa shape index (κ3) is 2.57. The van der Waals surface area contributed by atoms with Crippen LogP contribution in [0.1, 0.15) is 25.1 Å². The maximum absolute atomic E-state index is 4.55. The quantitative estimate of drug-likeness (QED) is 0.817. The fraction of sp³-hybridized carbons (Fsp3) is 0.538. The van der Waals surface area contributed by atoms with E-state index in [1.54, 1.807) is 0 Å². The zero-order valence-corrected chi connectivity index (χ0v) is 11.9. The molecule has 2 aromatic heterocycles. The molecule has 0 saturated carbocycles. The number of piperidine rings is 1. The van der Waals surface area contributed by atoms with Gasteiger partial charge in [0.05, 0.1) is 0 Å². The standard InChI is InChI=1S/C13H17BrN4/c14-11-5-4-6-13-15-12(16-18(11)13)7-10-17-8-2-1-3-9-17/h4-6H,1-3,7-10H2. The Morgan fingerprint density at radius 2 is 2.00 bits per heavy atom. The molecule has 0 aliphatic carbocycles. The van der Waals surface area contributed by atoms with Gasteiger partial charge in [0.25, 0.3) is 0 Å². The van der Waals surface area contributed by atoms with Gasteiger partial charge in [0.1, 0.15) is 4.60 Å². The third-order valence-electron chi connectivity index (χ3n) is 3.46. The number of hydrogen-bond acceptors (Lipinski definition) is 3. The van der Waals surface area contributed by atoms with E-state index in [2.05, 4.69) is 30.9 Å². The van der Waals surface area contributed by atoms with E-state index in [-0.39, 0.29) is 0 Å². The van der Waals surface area contributed by atoms with Crippen LogP contribution >= 0.6 is 15.9 Å². The summed E-state index contributed by atoms with van der Waals surface area (Å²) in [6.45, 7) is 3.54. The average molecular weight is 309 g/mol. The number of halogens is 1. The van der Waals surface area contributed by atoms with Crippen LogP contribution in [0.5, 0.6) is 0 Å². The second-order valence-corrected chi connectivity index (χ2v) is 5.61. The molecule has 0 aromatic carbocycles. The lowest BCUT2D eigenvalue weighted by atomic mass is 10.1. The molecule has 0 amide bonds. The van der Waals surface area contributed by atoms with Gasteiger partial charge in [0.15, 0.2) is 11.5 Å². The fourth-order valence-corrected chi connectivity index (χ4v) is 2.88. The predicted molar refractivity (Wildman–Crippen MR) is 74.7 cm³/mol. The topological polar surface area (TPSA) is 33.4 Å². The zero-order chi connectivity index (χ0) is 12.4. The van der Waals surface area contributed by atoms with Gasteiger partial charge in [-0.25, -0.2) is 9.50 Å². The number of nitrogens with zero attached hydrogens (tertiary/aromatic N) is 4. The highest BCUT2D eigenvalue weighted by atomic mass is 79.9. The molecule has 2 aromatic rings. The van der Waals surface area contributed by atoms with E-state index in [1.807, 2.05) is 22.7 Å². The van der Waals surface area contributed by atoms with Crippen molar-refractivity contribution < 1.29 is 0 Å². The minimum atomic E-state index is 0.915. The summed E-state index contributed by atoms with van der Waals surface area (Å²) in [6, 6.07) is 5.96. The summed E-state index contributed by atoms with van der Waals surface area (Å²) in [5.74, 6) is 0.937. The zero-order valence-electron chi connectivity index (χ0n) is 10.3. The molecule has 18 heavy (non-hydrogen) atoms. The van der Waals surface area contributed by atoms with E-state index in [0.717, 1.165) is 29.0 Å². The summed E-state index contributed by atoms with van der Waals surface area (Å²) in [5.41, 5.74) is 0.915. The summed E-state index contributed by atoms with van der Waals surface area (Å²) in [7, 11) is 0. The first-order chi connectivity index (χ1) is 8.83. The lowest BCUT2D eigenvalue weighted by molar-refractivity contribution is 0.230. The fourth-order valence-electron chi connectivity index (χ4n) is 2.46. The maximum atomic E-state index is 4.55. The highest BCUT2D eigenvalue weighted by Gasteiger charge is 2.11.